The fourth-order valence-corrected chi connectivity index (χ4v) is 8.01. The predicted octanol–water partition coefficient (Wildman–Crippen LogP) is 6.04. The third-order valence-electron chi connectivity index (χ3n) is 5.26. The lowest BCUT2D eigenvalue weighted by Crippen LogP contribution is -2.14. The van der Waals surface area contributed by atoms with E-state index in [4.69, 9.17) is 0 Å². The van der Waals surface area contributed by atoms with Crippen LogP contribution in [0, 0.1) is 0 Å². The summed E-state index contributed by atoms with van der Waals surface area (Å²) in [6.07, 6.45) is 3.53. The third kappa shape index (κ3) is 4.68. The second-order valence-corrected chi connectivity index (χ2v) is 12.6. The van der Waals surface area contributed by atoms with Crippen LogP contribution in [-0.4, -0.2) is 0 Å². The highest BCUT2D eigenvalue weighted by molar-refractivity contribution is 7.82. The Balaban J connectivity index is 1.73. The SMILES string of the molecule is O=P(/C=C/C=C/P(=O)(c1ccccc1)c1ccccc1)(c1ccccc1)c1ccccc1. The molecule has 0 aliphatic rings. The zero-order chi connectivity index (χ0) is 22.3. The molecule has 4 aromatic carbocycles. The van der Waals surface area contributed by atoms with Crippen LogP contribution < -0.4 is 21.2 Å². The Morgan fingerprint density at radius 2 is 0.594 bits per heavy atom. The van der Waals surface area contributed by atoms with Crippen molar-refractivity contribution in [2.24, 2.45) is 0 Å². The van der Waals surface area contributed by atoms with Crippen molar-refractivity contribution in [2.75, 3.05) is 0 Å². The topological polar surface area (TPSA) is 34.1 Å². The Morgan fingerprint density at radius 1 is 0.375 bits per heavy atom. The minimum absolute atomic E-state index is 0.769. The summed E-state index contributed by atoms with van der Waals surface area (Å²) in [6, 6.07) is 37.9. The summed E-state index contributed by atoms with van der Waals surface area (Å²) in [5, 5.41) is 3.07. The molecule has 0 aliphatic carbocycles. The maximum Gasteiger partial charge on any atom is 0.164 e. The summed E-state index contributed by atoms with van der Waals surface area (Å²) >= 11 is 0. The van der Waals surface area contributed by atoms with Gasteiger partial charge in [-0.1, -0.05) is 133 Å². The van der Waals surface area contributed by atoms with Crippen LogP contribution in [0.2, 0.25) is 0 Å². The van der Waals surface area contributed by atoms with Crippen molar-refractivity contribution in [3.05, 3.63) is 145 Å². The molecule has 158 valence electrons. The molecule has 0 spiro atoms. The first-order valence-electron chi connectivity index (χ1n) is 10.4. The van der Waals surface area contributed by atoms with Crippen LogP contribution in [0.3, 0.4) is 0 Å². The molecule has 0 saturated heterocycles. The van der Waals surface area contributed by atoms with Crippen molar-refractivity contribution in [2.45, 2.75) is 0 Å². The largest absolute Gasteiger partial charge is 0.309 e. The van der Waals surface area contributed by atoms with Gasteiger partial charge in [-0.05, 0) is 11.6 Å². The lowest BCUT2D eigenvalue weighted by molar-refractivity contribution is 0.591. The monoisotopic (exact) mass is 454 g/mol. The fourth-order valence-electron chi connectivity index (χ4n) is 3.58. The van der Waals surface area contributed by atoms with Gasteiger partial charge in [0, 0.05) is 21.2 Å². The maximum absolute atomic E-state index is 14.1. The van der Waals surface area contributed by atoms with Crippen LogP contribution >= 0.6 is 14.3 Å². The minimum atomic E-state index is -2.97. The number of rotatable bonds is 7. The second kappa shape index (κ2) is 9.96. The Labute approximate surface area is 189 Å². The summed E-state index contributed by atoms with van der Waals surface area (Å²) in [5.41, 5.74) is 0. The average Bonchev–Trinajstić information content (AvgIpc) is 2.88. The van der Waals surface area contributed by atoms with Crippen LogP contribution in [-0.2, 0) is 9.13 Å². The smallest absolute Gasteiger partial charge is 0.164 e. The van der Waals surface area contributed by atoms with E-state index in [2.05, 4.69) is 0 Å². The van der Waals surface area contributed by atoms with E-state index in [-0.39, 0.29) is 0 Å². The molecule has 0 heterocycles. The zero-order valence-electron chi connectivity index (χ0n) is 17.6. The standard InChI is InChI=1S/C28H24O2P2/c29-31(25-15-5-1-6-16-25,26-17-7-2-8-18-26)23-13-14-24-32(30,27-19-9-3-10-20-27)28-21-11-4-12-22-28/h1-24H/b23-13+,24-14+. The van der Waals surface area contributed by atoms with Crippen molar-refractivity contribution >= 4 is 35.5 Å². The maximum atomic E-state index is 14.1. The van der Waals surface area contributed by atoms with Gasteiger partial charge in [0.2, 0.25) is 0 Å². The molecule has 4 rings (SSSR count). The number of allylic oxidation sites excluding steroid dienone is 2. The third-order valence-corrected chi connectivity index (χ3v) is 10.7. The molecule has 0 bridgehead atoms. The molecule has 0 saturated carbocycles. The summed E-state index contributed by atoms with van der Waals surface area (Å²) < 4.78 is 28.2. The molecule has 0 fully saturated rings. The Kier molecular flexibility index (Phi) is 6.86. The van der Waals surface area contributed by atoms with Crippen LogP contribution in [0.1, 0.15) is 0 Å². The first-order valence-corrected chi connectivity index (χ1v) is 14.0. The molecule has 4 aromatic rings. The van der Waals surface area contributed by atoms with Gasteiger partial charge in [0.15, 0.2) is 14.3 Å². The molecular weight excluding hydrogens is 430 g/mol. The van der Waals surface area contributed by atoms with Gasteiger partial charge in [-0.25, -0.2) is 0 Å². The molecule has 0 N–H and O–H groups in total. The molecule has 0 aromatic heterocycles. The van der Waals surface area contributed by atoms with Gasteiger partial charge in [-0.2, -0.15) is 0 Å². The zero-order valence-corrected chi connectivity index (χ0v) is 19.4. The van der Waals surface area contributed by atoms with Gasteiger partial charge >= 0.3 is 0 Å². The van der Waals surface area contributed by atoms with Gasteiger partial charge < -0.3 is 9.13 Å². The summed E-state index contributed by atoms with van der Waals surface area (Å²) in [4.78, 5) is 0. The van der Waals surface area contributed by atoms with E-state index in [0.29, 0.717) is 0 Å². The first kappa shape index (κ1) is 22.0. The van der Waals surface area contributed by atoms with Gasteiger partial charge in [0.25, 0.3) is 0 Å². The van der Waals surface area contributed by atoms with Crippen LogP contribution in [0.15, 0.2) is 145 Å². The number of hydrogen-bond donors (Lipinski definition) is 0. The summed E-state index contributed by atoms with van der Waals surface area (Å²) in [5.74, 6) is 3.49. The number of benzene rings is 4. The molecule has 0 atom stereocenters. The van der Waals surface area contributed by atoms with Crippen molar-refractivity contribution in [3.8, 4) is 0 Å². The van der Waals surface area contributed by atoms with Crippen molar-refractivity contribution in [3.63, 3.8) is 0 Å². The molecule has 0 radical (unpaired) electrons. The van der Waals surface area contributed by atoms with Crippen LogP contribution in [0.25, 0.3) is 0 Å². The Bertz CT molecular complexity index is 1100. The molecule has 0 amide bonds. The van der Waals surface area contributed by atoms with Crippen molar-refractivity contribution in [1.82, 2.24) is 0 Å². The first-order chi connectivity index (χ1) is 15.6. The molecular formula is C28H24O2P2. The van der Waals surface area contributed by atoms with E-state index in [9.17, 15) is 9.13 Å². The molecule has 0 aliphatic heterocycles. The Hall–Kier alpha value is -3.18. The minimum Gasteiger partial charge on any atom is -0.309 e. The fraction of sp³-hybridized carbons (Fsp3) is 0. The van der Waals surface area contributed by atoms with Crippen molar-refractivity contribution < 1.29 is 9.13 Å². The normalized spacial score (nSPS) is 12.4. The van der Waals surface area contributed by atoms with Gasteiger partial charge in [-0.3, -0.25) is 0 Å². The van der Waals surface area contributed by atoms with Gasteiger partial charge in [-0.15, -0.1) is 0 Å². The highest BCUT2D eigenvalue weighted by Gasteiger charge is 2.25. The van der Waals surface area contributed by atoms with E-state index in [1.807, 2.05) is 121 Å². The summed E-state index contributed by atoms with van der Waals surface area (Å²) in [7, 11) is -5.94. The van der Waals surface area contributed by atoms with E-state index in [1.165, 1.54) is 0 Å². The highest BCUT2D eigenvalue weighted by atomic mass is 31.2. The highest BCUT2D eigenvalue weighted by Crippen LogP contribution is 2.47. The molecule has 4 heteroatoms. The molecule has 0 unspecified atom stereocenters. The van der Waals surface area contributed by atoms with Crippen LogP contribution in [0.4, 0.5) is 0 Å². The van der Waals surface area contributed by atoms with Crippen LogP contribution in [0.5, 0.6) is 0 Å². The lowest BCUT2D eigenvalue weighted by Gasteiger charge is -2.16. The average molecular weight is 454 g/mol. The van der Waals surface area contributed by atoms with E-state index in [0.717, 1.165) is 21.2 Å². The predicted molar refractivity (Wildman–Crippen MR) is 138 cm³/mol. The molecule has 32 heavy (non-hydrogen) atoms. The summed E-state index contributed by atoms with van der Waals surface area (Å²) in [6.45, 7) is 0. The van der Waals surface area contributed by atoms with Gasteiger partial charge in [0.1, 0.15) is 0 Å². The van der Waals surface area contributed by atoms with E-state index in [1.54, 1.807) is 23.8 Å². The van der Waals surface area contributed by atoms with E-state index < -0.39 is 14.3 Å². The second-order valence-electron chi connectivity index (χ2n) is 7.34. The van der Waals surface area contributed by atoms with Gasteiger partial charge in [0.05, 0.1) is 0 Å². The quantitative estimate of drug-likeness (QED) is 0.252. The number of hydrogen-bond acceptors (Lipinski definition) is 2. The molecule has 2 nitrogen and oxygen atoms in total. The van der Waals surface area contributed by atoms with E-state index >= 15 is 0 Å². The van der Waals surface area contributed by atoms with Crippen molar-refractivity contribution in [1.29, 1.82) is 0 Å². The Morgan fingerprint density at radius 3 is 0.812 bits per heavy atom. The lowest BCUT2D eigenvalue weighted by atomic mass is 10.4.